The van der Waals surface area contributed by atoms with E-state index in [1.807, 2.05) is 66.7 Å². The lowest BCUT2D eigenvalue weighted by Gasteiger charge is -2.30. The Morgan fingerprint density at radius 3 is 2.23 bits per heavy atom. The standard InChI is InChI=1S/C24H23N3O2S.ClH/c28-30(29,26-20-10-9-18-5-1-2-6-19(18)17-20)24-12-11-23(27-15-13-25-14-16-27)21-7-3-4-8-22(21)24;/h1-12,17,25-26H,13-16H2;1H. The first-order chi connectivity index (χ1) is 14.6. The molecule has 1 fully saturated rings. The molecule has 0 atom stereocenters. The molecule has 4 aromatic carbocycles. The molecule has 0 saturated carbocycles. The molecular weight excluding hydrogens is 430 g/mol. The highest BCUT2D eigenvalue weighted by Crippen LogP contribution is 2.33. The number of benzene rings is 4. The van der Waals surface area contributed by atoms with E-state index in [4.69, 9.17) is 0 Å². The third-order valence-electron chi connectivity index (χ3n) is 5.61. The van der Waals surface area contributed by atoms with Crippen LogP contribution in [0.1, 0.15) is 0 Å². The van der Waals surface area contributed by atoms with Crippen LogP contribution in [0.3, 0.4) is 0 Å². The van der Waals surface area contributed by atoms with E-state index in [0.29, 0.717) is 10.6 Å². The summed E-state index contributed by atoms with van der Waals surface area (Å²) in [5.74, 6) is 0. The van der Waals surface area contributed by atoms with Crippen molar-refractivity contribution in [2.75, 3.05) is 35.8 Å². The van der Waals surface area contributed by atoms with Crippen molar-refractivity contribution >= 4 is 55.3 Å². The third-order valence-corrected chi connectivity index (χ3v) is 7.05. The zero-order chi connectivity index (χ0) is 20.6. The van der Waals surface area contributed by atoms with E-state index in [0.717, 1.165) is 53.4 Å². The van der Waals surface area contributed by atoms with Crippen molar-refractivity contribution in [1.29, 1.82) is 0 Å². The maximum atomic E-state index is 13.3. The molecule has 160 valence electrons. The fourth-order valence-electron chi connectivity index (χ4n) is 4.13. The Bertz CT molecular complexity index is 1340. The van der Waals surface area contributed by atoms with Crippen molar-refractivity contribution < 1.29 is 8.42 Å². The minimum atomic E-state index is -3.74. The number of nitrogens with zero attached hydrogens (tertiary/aromatic N) is 1. The number of sulfonamides is 1. The molecule has 1 heterocycles. The number of nitrogens with one attached hydrogen (secondary N) is 2. The Balaban J connectivity index is 0.00000231. The van der Waals surface area contributed by atoms with Gasteiger partial charge >= 0.3 is 0 Å². The molecule has 0 amide bonds. The second kappa shape index (κ2) is 8.75. The van der Waals surface area contributed by atoms with Crippen molar-refractivity contribution in [2.45, 2.75) is 4.90 Å². The highest BCUT2D eigenvalue weighted by Gasteiger charge is 2.21. The molecular formula is C24H24ClN3O2S. The van der Waals surface area contributed by atoms with Gasteiger partial charge in [-0.05, 0) is 35.0 Å². The van der Waals surface area contributed by atoms with Gasteiger partial charge in [0.1, 0.15) is 0 Å². The fourth-order valence-corrected chi connectivity index (χ4v) is 5.40. The summed E-state index contributed by atoms with van der Waals surface area (Å²) in [7, 11) is -3.74. The van der Waals surface area contributed by atoms with E-state index >= 15 is 0 Å². The van der Waals surface area contributed by atoms with Crippen molar-refractivity contribution in [3.05, 3.63) is 78.9 Å². The Morgan fingerprint density at radius 2 is 1.45 bits per heavy atom. The van der Waals surface area contributed by atoms with Crippen LogP contribution in [0.25, 0.3) is 21.5 Å². The molecule has 7 heteroatoms. The highest BCUT2D eigenvalue weighted by molar-refractivity contribution is 7.93. The smallest absolute Gasteiger partial charge is 0.262 e. The topological polar surface area (TPSA) is 61.4 Å². The number of rotatable bonds is 4. The lowest BCUT2D eigenvalue weighted by Crippen LogP contribution is -2.43. The summed E-state index contributed by atoms with van der Waals surface area (Å²) < 4.78 is 29.4. The van der Waals surface area contributed by atoms with E-state index < -0.39 is 10.0 Å². The molecule has 0 aromatic heterocycles. The van der Waals surface area contributed by atoms with Gasteiger partial charge in [-0.25, -0.2) is 8.42 Å². The monoisotopic (exact) mass is 453 g/mol. The Labute approximate surface area is 188 Å². The van der Waals surface area contributed by atoms with Gasteiger partial charge in [0.2, 0.25) is 0 Å². The number of halogens is 1. The first kappa shape index (κ1) is 21.4. The molecule has 1 aliphatic rings. The van der Waals surface area contributed by atoms with Crippen LogP contribution in [0, 0.1) is 0 Å². The number of anilines is 2. The Hall–Kier alpha value is -2.80. The summed E-state index contributed by atoms with van der Waals surface area (Å²) in [6, 6.07) is 24.9. The lowest BCUT2D eigenvalue weighted by molar-refractivity contribution is 0.590. The van der Waals surface area contributed by atoms with E-state index in [-0.39, 0.29) is 12.4 Å². The quantitative estimate of drug-likeness (QED) is 0.473. The van der Waals surface area contributed by atoms with Crippen molar-refractivity contribution in [1.82, 2.24) is 5.32 Å². The molecule has 0 unspecified atom stereocenters. The van der Waals surface area contributed by atoms with Crippen LogP contribution in [0.5, 0.6) is 0 Å². The van der Waals surface area contributed by atoms with Gasteiger partial charge in [0, 0.05) is 48.3 Å². The first-order valence-corrected chi connectivity index (χ1v) is 11.6. The fraction of sp³-hybridized carbons (Fsp3) is 0.167. The number of hydrogen-bond acceptors (Lipinski definition) is 4. The van der Waals surface area contributed by atoms with Crippen LogP contribution in [0.2, 0.25) is 0 Å². The van der Waals surface area contributed by atoms with Crippen molar-refractivity contribution in [3.63, 3.8) is 0 Å². The van der Waals surface area contributed by atoms with Crippen LogP contribution in [-0.2, 0) is 10.0 Å². The molecule has 0 radical (unpaired) electrons. The largest absolute Gasteiger partial charge is 0.368 e. The minimum Gasteiger partial charge on any atom is -0.368 e. The highest BCUT2D eigenvalue weighted by atomic mass is 35.5. The molecule has 5 rings (SSSR count). The summed E-state index contributed by atoms with van der Waals surface area (Å²) >= 11 is 0. The predicted octanol–water partition coefficient (Wildman–Crippen LogP) is 4.63. The van der Waals surface area contributed by atoms with Crippen LogP contribution in [-0.4, -0.2) is 34.6 Å². The molecule has 0 spiro atoms. The normalized spacial score (nSPS) is 14.4. The first-order valence-electron chi connectivity index (χ1n) is 10.1. The van der Waals surface area contributed by atoms with E-state index in [1.54, 1.807) is 12.1 Å². The Morgan fingerprint density at radius 1 is 0.774 bits per heavy atom. The molecule has 1 aliphatic heterocycles. The van der Waals surface area contributed by atoms with Gasteiger partial charge in [0.05, 0.1) is 4.90 Å². The zero-order valence-electron chi connectivity index (χ0n) is 16.9. The second-order valence-electron chi connectivity index (χ2n) is 7.53. The van der Waals surface area contributed by atoms with E-state index in [2.05, 4.69) is 14.9 Å². The molecule has 5 nitrogen and oxygen atoms in total. The van der Waals surface area contributed by atoms with Gasteiger partial charge in [-0.3, -0.25) is 4.72 Å². The summed E-state index contributed by atoms with van der Waals surface area (Å²) in [6.07, 6.45) is 0. The van der Waals surface area contributed by atoms with E-state index in [9.17, 15) is 8.42 Å². The maximum Gasteiger partial charge on any atom is 0.262 e. The average Bonchev–Trinajstić information content (AvgIpc) is 2.78. The average molecular weight is 454 g/mol. The van der Waals surface area contributed by atoms with Crippen LogP contribution >= 0.6 is 12.4 Å². The maximum absolute atomic E-state index is 13.3. The minimum absolute atomic E-state index is 0. The molecule has 1 saturated heterocycles. The van der Waals surface area contributed by atoms with Crippen molar-refractivity contribution in [3.8, 4) is 0 Å². The van der Waals surface area contributed by atoms with Crippen molar-refractivity contribution in [2.24, 2.45) is 0 Å². The second-order valence-corrected chi connectivity index (χ2v) is 9.18. The molecule has 2 N–H and O–H groups in total. The predicted molar refractivity (Wildman–Crippen MR) is 131 cm³/mol. The summed E-state index contributed by atoms with van der Waals surface area (Å²) in [5, 5.41) is 7.13. The lowest BCUT2D eigenvalue weighted by atomic mass is 10.1. The molecule has 4 aromatic rings. The summed E-state index contributed by atoms with van der Waals surface area (Å²) in [5.41, 5.74) is 1.64. The SMILES string of the molecule is Cl.O=S(=O)(Nc1ccc2ccccc2c1)c1ccc(N2CCNCC2)c2ccccc12. The summed E-state index contributed by atoms with van der Waals surface area (Å²) in [4.78, 5) is 2.61. The van der Waals surface area contributed by atoms with Gasteiger partial charge in [0.15, 0.2) is 0 Å². The zero-order valence-corrected chi connectivity index (χ0v) is 18.5. The van der Waals surface area contributed by atoms with Gasteiger partial charge < -0.3 is 10.2 Å². The van der Waals surface area contributed by atoms with E-state index in [1.165, 1.54) is 0 Å². The van der Waals surface area contributed by atoms with Gasteiger partial charge in [-0.15, -0.1) is 12.4 Å². The van der Waals surface area contributed by atoms with Gasteiger partial charge in [0.25, 0.3) is 10.0 Å². The molecule has 31 heavy (non-hydrogen) atoms. The molecule has 0 bridgehead atoms. The number of hydrogen-bond donors (Lipinski definition) is 2. The Kier molecular flexibility index (Phi) is 6.05. The van der Waals surface area contributed by atoms with Crippen LogP contribution < -0.4 is 14.9 Å². The molecule has 0 aliphatic carbocycles. The third kappa shape index (κ3) is 4.19. The number of piperazine rings is 1. The number of fused-ring (bicyclic) bond motifs is 2. The van der Waals surface area contributed by atoms with Crippen LogP contribution in [0.15, 0.2) is 83.8 Å². The van der Waals surface area contributed by atoms with Gasteiger partial charge in [-0.2, -0.15) is 0 Å². The van der Waals surface area contributed by atoms with Gasteiger partial charge in [-0.1, -0.05) is 54.6 Å². The van der Waals surface area contributed by atoms with Crippen LogP contribution in [0.4, 0.5) is 11.4 Å². The summed E-state index contributed by atoms with van der Waals surface area (Å²) in [6.45, 7) is 3.67.